The van der Waals surface area contributed by atoms with Crippen molar-refractivity contribution in [1.29, 1.82) is 0 Å². The van der Waals surface area contributed by atoms with Gasteiger partial charge in [-0.15, -0.1) is 0 Å². The van der Waals surface area contributed by atoms with Gasteiger partial charge in [-0.25, -0.2) is 0 Å². The van der Waals surface area contributed by atoms with Crippen LogP contribution in [0, 0.1) is 17.8 Å². The Bertz CT molecular complexity index is 692. The summed E-state index contributed by atoms with van der Waals surface area (Å²) in [6, 6.07) is 4.42. The molecule has 1 aromatic rings. The summed E-state index contributed by atoms with van der Waals surface area (Å²) in [5, 5.41) is 1.43. The van der Waals surface area contributed by atoms with E-state index in [2.05, 4.69) is 12.3 Å². The molecule has 1 heterocycles. The summed E-state index contributed by atoms with van der Waals surface area (Å²) >= 11 is 11.8. The van der Waals surface area contributed by atoms with E-state index in [0.717, 1.165) is 11.4 Å². The van der Waals surface area contributed by atoms with Crippen LogP contribution in [-0.4, -0.2) is 22.7 Å². The van der Waals surface area contributed by atoms with Crippen molar-refractivity contribution >= 4 is 40.9 Å². The fourth-order valence-electron chi connectivity index (χ4n) is 3.34. The van der Waals surface area contributed by atoms with Crippen LogP contribution in [0.25, 0.3) is 0 Å². The van der Waals surface area contributed by atoms with Crippen molar-refractivity contribution < 1.29 is 14.4 Å². The number of benzene rings is 1. The molecule has 0 unspecified atom stereocenters. The van der Waals surface area contributed by atoms with Gasteiger partial charge in [-0.3, -0.25) is 19.8 Å². The highest BCUT2D eigenvalue weighted by Crippen LogP contribution is 2.39. The Morgan fingerprint density at radius 3 is 2.57 bits per heavy atom. The number of halogens is 2. The van der Waals surface area contributed by atoms with Crippen molar-refractivity contribution in [3.63, 3.8) is 0 Å². The van der Waals surface area contributed by atoms with Gasteiger partial charge in [0.25, 0.3) is 17.7 Å². The third-order valence-electron chi connectivity index (χ3n) is 4.58. The SMILES string of the molecule is C[C@@H]1CC[C@@H]2C(=O)N(NC(=O)c3ccc(Cl)cc3Cl)C(=O)[C@H]2C1. The van der Waals surface area contributed by atoms with E-state index in [9.17, 15) is 14.4 Å². The van der Waals surface area contributed by atoms with Crippen molar-refractivity contribution in [2.45, 2.75) is 26.2 Å². The largest absolute Gasteiger partial charge is 0.272 e. The predicted octanol–water partition coefficient (Wildman–Crippen LogP) is 3.06. The Hall–Kier alpha value is -1.59. The molecule has 1 saturated heterocycles. The van der Waals surface area contributed by atoms with E-state index in [1.807, 2.05) is 0 Å². The molecule has 3 amide bonds. The van der Waals surface area contributed by atoms with Crippen molar-refractivity contribution in [3.8, 4) is 0 Å². The Morgan fingerprint density at radius 2 is 1.87 bits per heavy atom. The number of fused-ring (bicyclic) bond motifs is 1. The zero-order valence-corrected chi connectivity index (χ0v) is 14.0. The minimum absolute atomic E-state index is 0.167. The molecule has 1 aliphatic heterocycles. The van der Waals surface area contributed by atoms with Gasteiger partial charge in [-0.05, 0) is 43.4 Å². The van der Waals surface area contributed by atoms with E-state index in [4.69, 9.17) is 23.2 Å². The summed E-state index contributed by atoms with van der Waals surface area (Å²) in [6.07, 6.45) is 2.29. The van der Waals surface area contributed by atoms with E-state index >= 15 is 0 Å². The summed E-state index contributed by atoms with van der Waals surface area (Å²) in [7, 11) is 0. The average Bonchev–Trinajstić information content (AvgIpc) is 2.72. The fraction of sp³-hybridized carbons (Fsp3) is 0.438. The van der Waals surface area contributed by atoms with Crippen LogP contribution in [-0.2, 0) is 9.59 Å². The second kappa shape index (κ2) is 6.13. The van der Waals surface area contributed by atoms with Gasteiger partial charge in [-0.2, -0.15) is 5.01 Å². The Morgan fingerprint density at radius 1 is 1.17 bits per heavy atom. The first-order valence-corrected chi connectivity index (χ1v) is 8.28. The smallest absolute Gasteiger partial charge is 0.271 e. The zero-order chi connectivity index (χ0) is 16.7. The summed E-state index contributed by atoms with van der Waals surface area (Å²) < 4.78 is 0. The van der Waals surface area contributed by atoms with Crippen LogP contribution in [0.2, 0.25) is 10.0 Å². The molecule has 5 nitrogen and oxygen atoms in total. The lowest BCUT2D eigenvalue weighted by Crippen LogP contribution is -2.46. The zero-order valence-electron chi connectivity index (χ0n) is 12.5. The summed E-state index contributed by atoms with van der Waals surface area (Å²) in [5.74, 6) is -1.49. The number of rotatable bonds is 2. The summed E-state index contributed by atoms with van der Waals surface area (Å²) in [4.78, 5) is 37.1. The molecule has 1 N–H and O–H groups in total. The predicted molar refractivity (Wildman–Crippen MR) is 85.8 cm³/mol. The molecule has 1 saturated carbocycles. The Kier molecular flexibility index (Phi) is 4.34. The van der Waals surface area contributed by atoms with Crippen LogP contribution in [0.1, 0.15) is 36.5 Å². The minimum atomic E-state index is -0.597. The van der Waals surface area contributed by atoms with Crippen LogP contribution in [0.15, 0.2) is 18.2 Å². The second-order valence-electron chi connectivity index (χ2n) is 6.21. The van der Waals surface area contributed by atoms with Crippen molar-refractivity contribution in [2.24, 2.45) is 17.8 Å². The van der Waals surface area contributed by atoms with Gasteiger partial charge < -0.3 is 0 Å². The van der Waals surface area contributed by atoms with Gasteiger partial charge in [0.1, 0.15) is 0 Å². The number of carbonyl (C=O) groups is 3. The van der Waals surface area contributed by atoms with E-state index in [-0.39, 0.29) is 34.2 Å². The molecule has 3 rings (SSSR count). The maximum Gasteiger partial charge on any atom is 0.271 e. The molecule has 0 radical (unpaired) electrons. The van der Waals surface area contributed by atoms with Gasteiger partial charge in [0, 0.05) is 5.02 Å². The van der Waals surface area contributed by atoms with Crippen LogP contribution in [0.5, 0.6) is 0 Å². The number of hydrazine groups is 1. The van der Waals surface area contributed by atoms with Crippen molar-refractivity contribution in [2.75, 3.05) is 0 Å². The van der Waals surface area contributed by atoms with Gasteiger partial charge in [0.15, 0.2) is 0 Å². The Balaban J connectivity index is 1.78. The van der Waals surface area contributed by atoms with Crippen LogP contribution in [0.4, 0.5) is 0 Å². The standard InChI is InChI=1S/C16H16Cl2N2O3/c1-8-2-4-10-12(6-8)16(23)20(15(10)22)19-14(21)11-5-3-9(17)7-13(11)18/h3,5,7-8,10,12H,2,4,6H2,1H3,(H,19,21)/t8-,10+,12+/m1/s1. The maximum atomic E-state index is 12.4. The number of hydrogen-bond donors (Lipinski definition) is 1. The van der Waals surface area contributed by atoms with Gasteiger partial charge in [0.2, 0.25) is 0 Å². The minimum Gasteiger partial charge on any atom is -0.272 e. The number of amides is 3. The van der Waals surface area contributed by atoms with Gasteiger partial charge in [-0.1, -0.05) is 30.1 Å². The number of hydrogen-bond acceptors (Lipinski definition) is 3. The summed E-state index contributed by atoms with van der Waals surface area (Å²) in [5.41, 5.74) is 2.56. The molecule has 2 fully saturated rings. The summed E-state index contributed by atoms with van der Waals surface area (Å²) in [6.45, 7) is 2.07. The normalized spacial score (nSPS) is 27.1. The lowest BCUT2D eigenvalue weighted by Gasteiger charge is -2.25. The maximum absolute atomic E-state index is 12.4. The number of imide groups is 1. The molecule has 3 atom stereocenters. The van der Waals surface area contributed by atoms with Gasteiger partial charge >= 0.3 is 0 Å². The highest BCUT2D eigenvalue weighted by atomic mass is 35.5. The van der Waals surface area contributed by atoms with Crippen LogP contribution >= 0.6 is 23.2 Å². The topological polar surface area (TPSA) is 66.5 Å². The molecule has 0 bridgehead atoms. The fourth-order valence-corrected chi connectivity index (χ4v) is 3.83. The number of nitrogens with zero attached hydrogens (tertiary/aromatic N) is 1. The highest BCUT2D eigenvalue weighted by Gasteiger charge is 2.50. The number of carbonyl (C=O) groups excluding carboxylic acids is 3. The molecule has 1 aromatic carbocycles. The van der Waals surface area contributed by atoms with E-state index in [1.165, 1.54) is 18.2 Å². The van der Waals surface area contributed by atoms with Crippen LogP contribution in [0.3, 0.4) is 0 Å². The third kappa shape index (κ3) is 2.95. The van der Waals surface area contributed by atoms with Crippen molar-refractivity contribution in [3.05, 3.63) is 33.8 Å². The molecular formula is C16H16Cl2N2O3. The van der Waals surface area contributed by atoms with E-state index < -0.39 is 5.91 Å². The lowest BCUT2D eigenvalue weighted by molar-refractivity contribution is -0.142. The molecule has 1 aliphatic carbocycles. The van der Waals surface area contributed by atoms with E-state index in [0.29, 0.717) is 23.8 Å². The first-order chi connectivity index (χ1) is 10.9. The second-order valence-corrected chi connectivity index (χ2v) is 7.05. The number of nitrogens with one attached hydrogen (secondary N) is 1. The first kappa shape index (κ1) is 16.3. The molecular weight excluding hydrogens is 339 g/mol. The highest BCUT2D eigenvalue weighted by molar-refractivity contribution is 6.36. The quantitative estimate of drug-likeness (QED) is 0.830. The van der Waals surface area contributed by atoms with Crippen LogP contribution < -0.4 is 5.43 Å². The van der Waals surface area contributed by atoms with E-state index in [1.54, 1.807) is 0 Å². The molecule has 0 aromatic heterocycles. The average molecular weight is 355 g/mol. The van der Waals surface area contributed by atoms with Gasteiger partial charge in [0.05, 0.1) is 22.4 Å². The first-order valence-electron chi connectivity index (χ1n) is 7.52. The lowest BCUT2D eigenvalue weighted by atomic mass is 9.76. The molecule has 7 heteroatoms. The molecule has 122 valence electrons. The van der Waals surface area contributed by atoms with Crippen molar-refractivity contribution in [1.82, 2.24) is 10.4 Å². The molecule has 0 spiro atoms. The molecule has 23 heavy (non-hydrogen) atoms. The third-order valence-corrected chi connectivity index (χ3v) is 5.12. The Labute approximate surface area is 143 Å². The monoisotopic (exact) mass is 354 g/mol. The molecule has 2 aliphatic rings.